The van der Waals surface area contributed by atoms with Crippen molar-refractivity contribution in [3.63, 3.8) is 0 Å². The number of hydrogen-bond acceptors (Lipinski definition) is 3. The van der Waals surface area contributed by atoms with E-state index in [0.29, 0.717) is 6.04 Å². The van der Waals surface area contributed by atoms with E-state index in [9.17, 15) is 4.79 Å². The number of nitrogens with one attached hydrogen (secondary N) is 1. The van der Waals surface area contributed by atoms with Crippen LogP contribution in [0.2, 0.25) is 0 Å². The molecule has 1 aliphatic heterocycles. The molecule has 0 aromatic heterocycles. The average Bonchev–Trinajstić information content (AvgIpc) is 2.38. The Morgan fingerprint density at radius 3 is 2.67 bits per heavy atom. The van der Waals surface area contributed by atoms with Gasteiger partial charge in [0.2, 0.25) is 5.91 Å². The van der Waals surface area contributed by atoms with Crippen LogP contribution in [-0.4, -0.2) is 61.5 Å². The molecule has 3 unspecified atom stereocenters. The maximum Gasteiger partial charge on any atom is 0.240 e. The maximum absolute atomic E-state index is 12.3. The van der Waals surface area contributed by atoms with Crippen molar-refractivity contribution in [3.05, 3.63) is 0 Å². The first-order valence-corrected chi connectivity index (χ1v) is 7.29. The smallest absolute Gasteiger partial charge is 0.240 e. The van der Waals surface area contributed by atoms with E-state index in [2.05, 4.69) is 17.1 Å². The van der Waals surface area contributed by atoms with Gasteiger partial charge in [-0.3, -0.25) is 9.69 Å². The van der Waals surface area contributed by atoms with Gasteiger partial charge in [-0.2, -0.15) is 0 Å². The van der Waals surface area contributed by atoms with E-state index < -0.39 is 0 Å². The Balaban J connectivity index is 2.09. The summed E-state index contributed by atoms with van der Waals surface area (Å²) in [5.74, 6) is 0.981. The van der Waals surface area contributed by atoms with Crippen LogP contribution in [0.3, 0.4) is 0 Å². The molecule has 3 atom stereocenters. The summed E-state index contributed by atoms with van der Waals surface area (Å²) < 4.78 is 0. The minimum atomic E-state index is 0.0410. The lowest BCUT2D eigenvalue weighted by Crippen LogP contribution is -2.61. The highest BCUT2D eigenvalue weighted by molar-refractivity contribution is 5.81. The molecule has 0 aromatic carbocycles. The second-order valence-corrected chi connectivity index (χ2v) is 6.02. The zero-order valence-corrected chi connectivity index (χ0v) is 12.0. The van der Waals surface area contributed by atoms with Gasteiger partial charge >= 0.3 is 0 Å². The zero-order valence-electron chi connectivity index (χ0n) is 12.0. The Hall–Kier alpha value is -0.610. The fourth-order valence-electron chi connectivity index (χ4n) is 3.43. The summed E-state index contributed by atoms with van der Waals surface area (Å²) in [5.41, 5.74) is 0. The molecule has 0 spiro atoms. The van der Waals surface area contributed by atoms with Gasteiger partial charge in [-0.25, -0.2) is 0 Å². The minimum absolute atomic E-state index is 0.0410. The fourth-order valence-corrected chi connectivity index (χ4v) is 3.43. The quantitative estimate of drug-likeness (QED) is 0.795. The van der Waals surface area contributed by atoms with E-state index in [1.807, 2.05) is 14.1 Å². The van der Waals surface area contributed by atoms with E-state index in [0.717, 1.165) is 25.6 Å². The van der Waals surface area contributed by atoms with Crippen molar-refractivity contribution in [2.75, 3.05) is 33.7 Å². The summed E-state index contributed by atoms with van der Waals surface area (Å²) in [4.78, 5) is 16.5. The Bertz CT molecular complexity index is 293. The first-order valence-electron chi connectivity index (χ1n) is 7.29. The lowest BCUT2D eigenvalue weighted by Gasteiger charge is -2.45. The zero-order chi connectivity index (χ0) is 13.1. The number of amides is 1. The summed E-state index contributed by atoms with van der Waals surface area (Å²) in [5, 5.41) is 3.37. The molecule has 1 saturated heterocycles. The van der Waals surface area contributed by atoms with E-state index in [1.54, 1.807) is 4.90 Å². The molecule has 0 bridgehead atoms. The summed E-state index contributed by atoms with van der Waals surface area (Å²) in [6.45, 7) is 5.18. The first kappa shape index (κ1) is 13.8. The molecule has 4 heteroatoms. The third-order valence-corrected chi connectivity index (χ3v) is 4.50. The van der Waals surface area contributed by atoms with Crippen molar-refractivity contribution >= 4 is 5.91 Å². The molecule has 0 aromatic rings. The molecule has 0 radical (unpaired) electrons. The standard InChI is InChI=1S/C14H27N3O/c1-11-6-4-5-7-12(11)17-9-8-15-10-13(17)14(18)16(2)3/h11-13,15H,4-10H2,1-3H3. The normalized spacial score (nSPS) is 34.3. The lowest BCUT2D eigenvalue weighted by molar-refractivity contribution is -0.137. The Morgan fingerprint density at radius 1 is 1.28 bits per heavy atom. The van der Waals surface area contributed by atoms with Gasteiger partial charge in [0.25, 0.3) is 0 Å². The molecule has 2 rings (SSSR count). The van der Waals surface area contributed by atoms with Gasteiger partial charge < -0.3 is 10.2 Å². The molecule has 1 N–H and O–H groups in total. The van der Waals surface area contributed by atoms with Gasteiger partial charge in [0, 0.05) is 39.8 Å². The van der Waals surface area contributed by atoms with Gasteiger partial charge in [-0.1, -0.05) is 19.8 Å². The van der Waals surface area contributed by atoms with Crippen LogP contribution < -0.4 is 5.32 Å². The molecular formula is C14H27N3O. The molecular weight excluding hydrogens is 226 g/mol. The van der Waals surface area contributed by atoms with Crippen molar-refractivity contribution in [3.8, 4) is 0 Å². The highest BCUT2D eigenvalue weighted by atomic mass is 16.2. The van der Waals surface area contributed by atoms with Gasteiger partial charge in [0.05, 0.1) is 0 Å². The predicted molar refractivity (Wildman–Crippen MR) is 73.5 cm³/mol. The van der Waals surface area contributed by atoms with Crippen molar-refractivity contribution < 1.29 is 4.79 Å². The molecule has 4 nitrogen and oxygen atoms in total. The third-order valence-electron chi connectivity index (χ3n) is 4.50. The van der Waals surface area contributed by atoms with Gasteiger partial charge in [-0.05, 0) is 18.8 Å². The van der Waals surface area contributed by atoms with Crippen LogP contribution >= 0.6 is 0 Å². The van der Waals surface area contributed by atoms with Crippen LogP contribution in [0.15, 0.2) is 0 Å². The fraction of sp³-hybridized carbons (Fsp3) is 0.929. The Labute approximate surface area is 111 Å². The molecule has 1 heterocycles. The van der Waals surface area contributed by atoms with Crippen LogP contribution in [0.5, 0.6) is 0 Å². The van der Waals surface area contributed by atoms with Crippen molar-refractivity contribution in [1.82, 2.24) is 15.1 Å². The van der Waals surface area contributed by atoms with Crippen LogP contribution in [0.4, 0.5) is 0 Å². The van der Waals surface area contributed by atoms with Crippen LogP contribution in [0.25, 0.3) is 0 Å². The number of rotatable bonds is 2. The third kappa shape index (κ3) is 2.86. The molecule has 1 aliphatic carbocycles. The minimum Gasteiger partial charge on any atom is -0.347 e. The van der Waals surface area contributed by atoms with Gasteiger partial charge in [0.1, 0.15) is 6.04 Å². The van der Waals surface area contributed by atoms with Crippen LogP contribution in [0, 0.1) is 5.92 Å². The van der Waals surface area contributed by atoms with E-state index in [1.165, 1.54) is 25.7 Å². The SMILES string of the molecule is CC1CCCCC1N1CCNCC1C(=O)N(C)C. The molecule has 2 fully saturated rings. The summed E-state index contributed by atoms with van der Waals surface area (Å²) >= 11 is 0. The first-order chi connectivity index (χ1) is 8.61. The second-order valence-electron chi connectivity index (χ2n) is 6.02. The second kappa shape index (κ2) is 6.02. The number of carbonyl (C=O) groups is 1. The molecule has 1 saturated carbocycles. The number of carbonyl (C=O) groups excluding carboxylic acids is 1. The largest absolute Gasteiger partial charge is 0.347 e. The van der Waals surface area contributed by atoms with E-state index in [4.69, 9.17) is 0 Å². The number of nitrogens with zero attached hydrogens (tertiary/aromatic N) is 2. The van der Waals surface area contributed by atoms with Gasteiger partial charge in [0.15, 0.2) is 0 Å². The van der Waals surface area contributed by atoms with E-state index >= 15 is 0 Å². The Morgan fingerprint density at radius 2 is 2.00 bits per heavy atom. The van der Waals surface area contributed by atoms with Crippen LogP contribution in [0.1, 0.15) is 32.6 Å². The molecule has 104 valence electrons. The average molecular weight is 253 g/mol. The summed E-state index contributed by atoms with van der Waals surface area (Å²) in [7, 11) is 3.72. The topological polar surface area (TPSA) is 35.6 Å². The maximum atomic E-state index is 12.3. The Kier molecular flexibility index (Phi) is 4.62. The molecule has 18 heavy (non-hydrogen) atoms. The summed E-state index contributed by atoms with van der Waals surface area (Å²) in [6.07, 6.45) is 5.26. The highest BCUT2D eigenvalue weighted by Crippen LogP contribution is 2.30. The van der Waals surface area contributed by atoms with Crippen molar-refractivity contribution in [1.29, 1.82) is 0 Å². The van der Waals surface area contributed by atoms with Crippen molar-refractivity contribution in [2.24, 2.45) is 5.92 Å². The summed E-state index contributed by atoms with van der Waals surface area (Å²) in [6, 6.07) is 0.647. The lowest BCUT2D eigenvalue weighted by atomic mass is 9.84. The number of piperazine rings is 1. The van der Waals surface area contributed by atoms with E-state index in [-0.39, 0.29) is 11.9 Å². The number of likely N-dealkylation sites (N-methyl/N-ethyl adjacent to an activating group) is 1. The molecule has 2 aliphatic rings. The number of hydrogen-bond donors (Lipinski definition) is 1. The van der Waals surface area contributed by atoms with Crippen LogP contribution in [-0.2, 0) is 4.79 Å². The predicted octanol–water partition coefficient (Wildman–Crippen LogP) is 0.927. The van der Waals surface area contributed by atoms with Gasteiger partial charge in [-0.15, -0.1) is 0 Å². The highest BCUT2D eigenvalue weighted by Gasteiger charge is 2.37. The monoisotopic (exact) mass is 253 g/mol. The molecule has 1 amide bonds. The van der Waals surface area contributed by atoms with Crippen molar-refractivity contribution in [2.45, 2.75) is 44.7 Å².